The van der Waals surface area contributed by atoms with E-state index < -0.39 is 0 Å². The highest BCUT2D eigenvalue weighted by Gasteiger charge is 2.17. The van der Waals surface area contributed by atoms with Gasteiger partial charge in [-0.25, -0.2) is 4.98 Å². The van der Waals surface area contributed by atoms with Crippen LogP contribution >= 0.6 is 11.6 Å². The maximum Gasteiger partial charge on any atom is 0.271 e. The maximum absolute atomic E-state index is 12.0. The molecule has 19 heavy (non-hydrogen) atoms. The number of ether oxygens (including phenoxy) is 1. The van der Waals surface area contributed by atoms with Gasteiger partial charge in [-0.1, -0.05) is 11.6 Å². The van der Waals surface area contributed by atoms with E-state index >= 15 is 0 Å². The molecule has 2 rings (SSSR count). The highest BCUT2D eigenvalue weighted by atomic mass is 35.5. The molecule has 0 saturated carbocycles. The second-order valence-electron chi connectivity index (χ2n) is 4.55. The van der Waals surface area contributed by atoms with Crippen LogP contribution in [0.5, 0.6) is 0 Å². The zero-order valence-corrected chi connectivity index (χ0v) is 11.7. The molecule has 1 aliphatic heterocycles. The number of nitrogens with one attached hydrogen (secondary N) is 2. The van der Waals surface area contributed by atoms with E-state index in [4.69, 9.17) is 16.3 Å². The number of anilines is 1. The normalized spacial score (nSPS) is 18.3. The molecule has 0 aromatic carbocycles. The van der Waals surface area contributed by atoms with E-state index in [9.17, 15) is 4.79 Å². The molecule has 0 aliphatic carbocycles. The summed E-state index contributed by atoms with van der Waals surface area (Å²) in [5, 5.41) is 6.09. The summed E-state index contributed by atoms with van der Waals surface area (Å²) in [4.78, 5) is 16.2. The first-order valence-electron chi connectivity index (χ1n) is 6.41. The number of pyridine rings is 1. The highest BCUT2D eigenvalue weighted by Crippen LogP contribution is 2.17. The summed E-state index contributed by atoms with van der Waals surface area (Å²) in [6, 6.07) is 3.40. The van der Waals surface area contributed by atoms with Gasteiger partial charge >= 0.3 is 0 Å². The molecule has 2 heterocycles. The molecule has 1 aromatic rings. The molecule has 1 amide bonds. The quantitative estimate of drug-likeness (QED) is 0.867. The molecule has 0 bridgehead atoms. The van der Waals surface area contributed by atoms with Crippen molar-refractivity contribution in [2.45, 2.75) is 12.8 Å². The van der Waals surface area contributed by atoms with Crippen molar-refractivity contribution < 1.29 is 9.53 Å². The van der Waals surface area contributed by atoms with E-state index in [-0.39, 0.29) is 11.6 Å². The summed E-state index contributed by atoms with van der Waals surface area (Å²) < 4.78 is 5.29. The van der Waals surface area contributed by atoms with Gasteiger partial charge < -0.3 is 15.4 Å². The third-order valence-corrected chi connectivity index (χ3v) is 3.48. The van der Waals surface area contributed by atoms with E-state index in [0.717, 1.165) is 26.1 Å². The fourth-order valence-corrected chi connectivity index (χ4v) is 2.22. The number of aromatic nitrogens is 1. The number of amides is 1. The Bertz CT molecular complexity index is 448. The molecular weight excluding hydrogens is 266 g/mol. The summed E-state index contributed by atoms with van der Waals surface area (Å²) in [6.45, 7) is 2.25. The van der Waals surface area contributed by atoms with Gasteiger partial charge in [-0.2, -0.15) is 0 Å². The molecule has 0 spiro atoms. The lowest BCUT2D eigenvalue weighted by molar-refractivity contribution is 0.0946. The molecule has 1 aromatic heterocycles. The Hall–Kier alpha value is -1.33. The third-order valence-electron chi connectivity index (χ3n) is 3.18. The molecule has 2 N–H and O–H groups in total. The highest BCUT2D eigenvalue weighted by molar-refractivity contribution is 6.33. The fraction of sp³-hybridized carbons (Fsp3) is 0.538. The Morgan fingerprint density at radius 3 is 3.11 bits per heavy atom. The fourth-order valence-electron chi connectivity index (χ4n) is 2.03. The predicted molar refractivity (Wildman–Crippen MR) is 74.7 cm³/mol. The summed E-state index contributed by atoms with van der Waals surface area (Å²) >= 11 is 5.98. The van der Waals surface area contributed by atoms with E-state index in [1.807, 2.05) is 0 Å². The summed E-state index contributed by atoms with van der Waals surface area (Å²) in [6.07, 6.45) is 2.00. The summed E-state index contributed by atoms with van der Waals surface area (Å²) in [5.41, 5.74) is 0.260. The van der Waals surface area contributed by atoms with Crippen LogP contribution in [0.25, 0.3) is 0 Å². The third kappa shape index (κ3) is 3.81. The van der Waals surface area contributed by atoms with Gasteiger partial charge in [0.1, 0.15) is 11.5 Å². The van der Waals surface area contributed by atoms with Gasteiger partial charge in [0.05, 0.1) is 5.02 Å². The molecule has 0 radical (unpaired) electrons. The monoisotopic (exact) mass is 283 g/mol. The lowest BCUT2D eigenvalue weighted by atomic mass is 10.1. The van der Waals surface area contributed by atoms with Crippen LogP contribution in [-0.4, -0.2) is 37.7 Å². The number of carbonyl (C=O) groups is 1. The van der Waals surface area contributed by atoms with Crippen LogP contribution < -0.4 is 10.6 Å². The molecule has 6 heteroatoms. The summed E-state index contributed by atoms with van der Waals surface area (Å²) in [5.74, 6) is 0.937. The van der Waals surface area contributed by atoms with Crippen molar-refractivity contribution in [2.24, 2.45) is 5.92 Å². The van der Waals surface area contributed by atoms with Crippen LogP contribution in [0, 0.1) is 5.92 Å². The largest absolute Gasteiger partial charge is 0.381 e. The SMILES string of the molecule is CNc1ccc(Cl)c(C(=O)NCCC2CCOC2)n1. The van der Waals surface area contributed by atoms with E-state index in [0.29, 0.717) is 23.3 Å². The van der Waals surface area contributed by atoms with Crippen molar-refractivity contribution in [2.75, 3.05) is 32.1 Å². The van der Waals surface area contributed by atoms with Crippen molar-refractivity contribution in [1.29, 1.82) is 0 Å². The zero-order chi connectivity index (χ0) is 13.7. The Morgan fingerprint density at radius 2 is 2.42 bits per heavy atom. The molecule has 1 saturated heterocycles. The van der Waals surface area contributed by atoms with Crippen LogP contribution in [0.3, 0.4) is 0 Å². The number of rotatable bonds is 5. The van der Waals surface area contributed by atoms with Crippen molar-refractivity contribution in [3.63, 3.8) is 0 Å². The van der Waals surface area contributed by atoms with Crippen LogP contribution in [0.1, 0.15) is 23.3 Å². The van der Waals surface area contributed by atoms with Crippen molar-refractivity contribution in [1.82, 2.24) is 10.3 Å². The Balaban J connectivity index is 1.88. The smallest absolute Gasteiger partial charge is 0.271 e. The molecule has 1 aliphatic rings. The second-order valence-corrected chi connectivity index (χ2v) is 4.96. The number of carbonyl (C=O) groups excluding carboxylic acids is 1. The lowest BCUT2D eigenvalue weighted by Gasteiger charge is -2.10. The van der Waals surface area contributed by atoms with Gasteiger partial charge in [-0.3, -0.25) is 4.79 Å². The van der Waals surface area contributed by atoms with Gasteiger partial charge in [0, 0.05) is 26.8 Å². The van der Waals surface area contributed by atoms with Crippen LogP contribution in [0.4, 0.5) is 5.82 Å². The first-order chi connectivity index (χ1) is 9.20. The standard InChI is InChI=1S/C13H18ClN3O2/c1-15-11-3-2-10(14)12(17-11)13(18)16-6-4-9-5-7-19-8-9/h2-3,9H,4-8H2,1H3,(H,15,17)(H,16,18). The topological polar surface area (TPSA) is 63.2 Å². The molecule has 1 fully saturated rings. The van der Waals surface area contributed by atoms with Crippen LogP contribution in [0.2, 0.25) is 5.02 Å². The number of hydrogen-bond acceptors (Lipinski definition) is 4. The van der Waals surface area contributed by atoms with Crippen LogP contribution in [-0.2, 0) is 4.74 Å². The molecule has 1 unspecified atom stereocenters. The molecule has 104 valence electrons. The zero-order valence-electron chi connectivity index (χ0n) is 10.9. The van der Waals surface area contributed by atoms with Crippen molar-refractivity contribution in [3.8, 4) is 0 Å². The van der Waals surface area contributed by atoms with Crippen molar-refractivity contribution >= 4 is 23.3 Å². The molecule has 1 atom stereocenters. The minimum Gasteiger partial charge on any atom is -0.381 e. The van der Waals surface area contributed by atoms with Crippen LogP contribution in [0.15, 0.2) is 12.1 Å². The van der Waals surface area contributed by atoms with Gasteiger partial charge in [0.15, 0.2) is 0 Å². The van der Waals surface area contributed by atoms with Gasteiger partial charge in [0.25, 0.3) is 5.91 Å². The Kier molecular flexibility index (Phi) is 4.99. The van der Waals surface area contributed by atoms with Gasteiger partial charge in [-0.15, -0.1) is 0 Å². The second kappa shape index (κ2) is 6.73. The first-order valence-corrected chi connectivity index (χ1v) is 6.78. The van der Waals surface area contributed by atoms with Gasteiger partial charge in [0.2, 0.25) is 0 Å². The Labute approximate surface area is 117 Å². The first kappa shape index (κ1) is 14.1. The average molecular weight is 284 g/mol. The number of nitrogens with zero attached hydrogens (tertiary/aromatic N) is 1. The average Bonchev–Trinajstić information content (AvgIpc) is 2.92. The van der Waals surface area contributed by atoms with E-state index in [1.54, 1.807) is 19.2 Å². The van der Waals surface area contributed by atoms with Crippen molar-refractivity contribution in [3.05, 3.63) is 22.8 Å². The Morgan fingerprint density at radius 1 is 1.58 bits per heavy atom. The minimum absolute atomic E-state index is 0.235. The van der Waals surface area contributed by atoms with E-state index in [2.05, 4.69) is 15.6 Å². The maximum atomic E-state index is 12.0. The number of hydrogen-bond donors (Lipinski definition) is 2. The molecular formula is C13H18ClN3O2. The van der Waals surface area contributed by atoms with Gasteiger partial charge in [-0.05, 0) is 30.9 Å². The number of halogens is 1. The predicted octanol–water partition coefficient (Wildman–Crippen LogP) is 1.93. The minimum atomic E-state index is -0.235. The lowest BCUT2D eigenvalue weighted by Crippen LogP contribution is -2.27. The summed E-state index contributed by atoms with van der Waals surface area (Å²) in [7, 11) is 1.75. The van der Waals surface area contributed by atoms with E-state index in [1.165, 1.54) is 0 Å². The molecule has 5 nitrogen and oxygen atoms in total.